The molecule has 0 aliphatic rings. The maximum atomic E-state index is 12.1. The fourth-order valence-corrected chi connectivity index (χ4v) is 2.06. The number of nitrogens with one attached hydrogen (secondary N) is 2. The standard InChI is InChI=1S/C14H19Cl3N2O/c1-5-14(3,4)19-13(20)8(2)18-12-7-10(16)9(15)6-11(12)17/h6-8,18H,5H2,1-4H3,(H,19,20). The molecule has 0 spiro atoms. The normalized spacial score (nSPS) is 12.9. The zero-order chi connectivity index (χ0) is 15.5. The summed E-state index contributed by atoms with van der Waals surface area (Å²) < 4.78 is 0. The van der Waals surface area contributed by atoms with Gasteiger partial charge in [0.1, 0.15) is 6.04 Å². The SMILES string of the molecule is CCC(C)(C)NC(=O)C(C)Nc1cc(Cl)c(Cl)cc1Cl. The second-order valence-corrected chi connectivity index (χ2v) is 6.56. The van der Waals surface area contributed by atoms with E-state index < -0.39 is 6.04 Å². The predicted octanol–water partition coefficient (Wildman–Crippen LogP) is 4.75. The van der Waals surface area contributed by atoms with Crippen molar-refractivity contribution in [3.8, 4) is 0 Å². The highest BCUT2D eigenvalue weighted by Gasteiger charge is 2.22. The zero-order valence-electron chi connectivity index (χ0n) is 12.0. The van der Waals surface area contributed by atoms with Crippen LogP contribution in [0.3, 0.4) is 0 Å². The van der Waals surface area contributed by atoms with Crippen LogP contribution in [0.5, 0.6) is 0 Å². The van der Waals surface area contributed by atoms with Crippen LogP contribution in [0.4, 0.5) is 5.69 Å². The number of carbonyl (C=O) groups is 1. The van der Waals surface area contributed by atoms with E-state index in [9.17, 15) is 4.79 Å². The van der Waals surface area contributed by atoms with E-state index in [2.05, 4.69) is 10.6 Å². The van der Waals surface area contributed by atoms with Gasteiger partial charge < -0.3 is 10.6 Å². The van der Waals surface area contributed by atoms with E-state index in [1.165, 1.54) is 0 Å². The van der Waals surface area contributed by atoms with Crippen molar-refractivity contribution in [1.82, 2.24) is 5.32 Å². The summed E-state index contributed by atoms with van der Waals surface area (Å²) in [4.78, 5) is 12.1. The Kier molecular flexibility index (Phi) is 5.99. The molecule has 3 nitrogen and oxygen atoms in total. The third-order valence-corrected chi connectivity index (χ3v) is 4.16. The van der Waals surface area contributed by atoms with Gasteiger partial charge in [0.15, 0.2) is 0 Å². The quantitative estimate of drug-likeness (QED) is 0.761. The Morgan fingerprint density at radius 2 is 1.75 bits per heavy atom. The summed E-state index contributed by atoms with van der Waals surface area (Å²) in [5, 5.41) is 7.20. The van der Waals surface area contributed by atoms with Gasteiger partial charge in [-0.2, -0.15) is 0 Å². The third-order valence-electron chi connectivity index (χ3n) is 3.12. The van der Waals surface area contributed by atoms with Gasteiger partial charge in [-0.25, -0.2) is 0 Å². The monoisotopic (exact) mass is 336 g/mol. The first kappa shape index (κ1) is 17.4. The molecular weight excluding hydrogens is 319 g/mol. The molecule has 1 rings (SSSR count). The Balaban J connectivity index is 2.78. The highest BCUT2D eigenvalue weighted by Crippen LogP contribution is 2.32. The van der Waals surface area contributed by atoms with Crippen molar-refractivity contribution in [3.63, 3.8) is 0 Å². The molecule has 1 unspecified atom stereocenters. The van der Waals surface area contributed by atoms with Gasteiger partial charge >= 0.3 is 0 Å². The minimum absolute atomic E-state index is 0.0982. The number of hydrogen-bond acceptors (Lipinski definition) is 2. The number of rotatable bonds is 5. The second-order valence-electron chi connectivity index (χ2n) is 5.34. The lowest BCUT2D eigenvalue weighted by Gasteiger charge is -2.27. The maximum Gasteiger partial charge on any atom is 0.242 e. The molecule has 0 saturated heterocycles. The smallest absolute Gasteiger partial charge is 0.242 e. The lowest BCUT2D eigenvalue weighted by Crippen LogP contribution is -2.48. The molecule has 0 aliphatic heterocycles. The molecule has 1 aromatic rings. The summed E-state index contributed by atoms with van der Waals surface area (Å²) in [6.45, 7) is 7.74. The van der Waals surface area contributed by atoms with Crippen LogP contribution >= 0.6 is 34.8 Å². The van der Waals surface area contributed by atoms with Gasteiger partial charge in [0.25, 0.3) is 0 Å². The fraction of sp³-hybridized carbons (Fsp3) is 0.500. The van der Waals surface area contributed by atoms with Gasteiger partial charge in [0.2, 0.25) is 5.91 Å². The minimum atomic E-state index is -0.435. The Labute approximate surface area is 135 Å². The molecule has 20 heavy (non-hydrogen) atoms. The molecule has 0 saturated carbocycles. The van der Waals surface area contributed by atoms with Crippen LogP contribution in [-0.4, -0.2) is 17.5 Å². The van der Waals surface area contributed by atoms with Gasteiger partial charge in [-0.05, 0) is 39.3 Å². The summed E-state index contributed by atoms with van der Waals surface area (Å²) in [5.41, 5.74) is 0.340. The molecule has 0 radical (unpaired) electrons. The van der Waals surface area contributed by atoms with Crippen molar-refractivity contribution < 1.29 is 4.79 Å². The molecule has 0 aromatic heterocycles. The molecule has 1 aromatic carbocycles. The van der Waals surface area contributed by atoms with Gasteiger partial charge in [0.05, 0.1) is 20.8 Å². The Hall–Kier alpha value is -0.640. The molecule has 1 amide bonds. The highest BCUT2D eigenvalue weighted by molar-refractivity contribution is 6.44. The lowest BCUT2D eigenvalue weighted by molar-refractivity contribution is -0.123. The minimum Gasteiger partial charge on any atom is -0.373 e. The number of hydrogen-bond donors (Lipinski definition) is 2. The van der Waals surface area contributed by atoms with Gasteiger partial charge in [-0.15, -0.1) is 0 Å². The average molecular weight is 338 g/mol. The van der Waals surface area contributed by atoms with Crippen LogP contribution in [0.15, 0.2) is 12.1 Å². The first-order valence-electron chi connectivity index (χ1n) is 6.39. The van der Waals surface area contributed by atoms with Crippen molar-refractivity contribution in [2.24, 2.45) is 0 Å². The van der Waals surface area contributed by atoms with Crippen LogP contribution < -0.4 is 10.6 Å². The zero-order valence-corrected chi connectivity index (χ0v) is 14.2. The van der Waals surface area contributed by atoms with Crippen LogP contribution in [0.25, 0.3) is 0 Å². The van der Waals surface area contributed by atoms with Crippen LogP contribution in [0.1, 0.15) is 34.1 Å². The number of benzene rings is 1. The Morgan fingerprint density at radius 1 is 1.20 bits per heavy atom. The predicted molar refractivity (Wildman–Crippen MR) is 87.1 cm³/mol. The summed E-state index contributed by atoms with van der Waals surface area (Å²) in [7, 11) is 0. The van der Waals surface area contributed by atoms with Gasteiger partial charge in [-0.3, -0.25) is 4.79 Å². The summed E-state index contributed by atoms with van der Waals surface area (Å²) in [6, 6.07) is 2.73. The lowest BCUT2D eigenvalue weighted by atomic mass is 10.0. The van der Waals surface area contributed by atoms with Crippen molar-refractivity contribution in [2.75, 3.05) is 5.32 Å². The molecule has 6 heteroatoms. The van der Waals surface area contributed by atoms with E-state index in [1.807, 2.05) is 20.8 Å². The fourth-order valence-electron chi connectivity index (χ4n) is 1.46. The number of anilines is 1. The number of carbonyl (C=O) groups excluding carboxylic acids is 1. The summed E-state index contributed by atoms with van der Waals surface area (Å²) in [5.74, 6) is -0.0982. The Bertz CT molecular complexity index is 503. The van der Waals surface area contributed by atoms with Crippen molar-refractivity contribution in [1.29, 1.82) is 0 Å². The van der Waals surface area contributed by atoms with E-state index in [1.54, 1.807) is 19.1 Å². The van der Waals surface area contributed by atoms with E-state index >= 15 is 0 Å². The number of amides is 1. The Morgan fingerprint density at radius 3 is 2.30 bits per heavy atom. The van der Waals surface area contributed by atoms with E-state index in [-0.39, 0.29) is 11.4 Å². The topological polar surface area (TPSA) is 41.1 Å². The van der Waals surface area contributed by atoms with Crippen LogP contribution in [0, 0.1) is 0 Å². The first-order valence-corrected chi connectivity index (χ1v) is 7.53. The van der Waals surface area contributed by atoms with Crippen LogP contribution in [0.2, 0.25) is 15.1 Å². The molecule has 2 N–H and O–H groups in total. The van der Waals surface area contributed by atoms with Crippen molar-refractivity contribution in [3.05, 3.63) is 27.2 Å². The first-order chi connectivity index (χ1) is 9.16. The van der Waals surface area contributed by atoms with E-state index in [0.717, 1.165) is 6.42 Å². The largest absolute Gasteiger partial charge is 0.373 e. The molecule has 1 atom stereocenters. The molecule has 112 valence electrons. The van der Waals surface area contributed by atoms with Crippen molar-refractivity contribution in [2.45, 2.75) is 45.7 Å². The number of halogens is 3. The molecule has 0 fully saturated rings. The molecular formula is C14H19Cl3N2O. The van der Waals surface area contributed by atoms with E-state index in [0.29, 0.717) is 20.8 Å². The molecule has 0 aliphatic carbocycles. The molecule has 0 heterocycles. The average Bonchev–Trinajstić information content (AvgIpc) is 2.35. The summed E-state index contributed by atoms with van der Waals surface area (Å²) >= 11 is 17.9. The van der Waals surface area contributed by atoms with Gasteiger partial charge in [-0.1, -0.05) is 41.7 Å². The van der Waals surface area contributed by atoms with E-state index in [4.69, 9.17) is 34.8 Å². The van der Waals surface area contributed by atoms with Gasteiger partial charge in [0, 0.05) is 5.54 Å². The maximum absolute atomic E-state index is 12.1. The second kappa shape index (κ2) is 6.88. The highest BCUT2D eigenvalue weighted by atomic mass is 35.5. The summed E-state index contributed by atoms with van der Waals surface area (Å²) in [6.07, 6.45) is 0.846. The molecule has 0 bridgehead atoms. The van der Waals surface area contributed by atoms with Crippen molar-refractivity contribution >= 4 is 46.4 Å². The van der Waals surface area contributed by atoms with Crippen LogP contribution in [-0.2, 0) is 4.79 Å². The third kappa shape index (κ3) is 4.72.